The smallest absolute Gasteiger partial charge is 0.407 e. The van der Waals surface area contributed by atoms with E-state index in [0.29, 0.717) is 11.3 Å². The fourth-order valence-corrected chi connectivity index (χ4v) is 2.29. The fourth-order valence-electron chi connectivity index (χ4n) is 2.29. The molecule has 1 heterocycles. The van der Waals surface area contributed by atoms with Gasteiger partial charge in [0.15, 0.2) is 0 Å². The number of amides is 2. The van der Waals surface area contributed by atoms with Crippen molar-refractivity contribution in [1.82, 2.24) is 20.2 Å². The van der Waals surface area contributed by atoms with Gasteiger partial charge in [0.25, 0.3) is 0 Å². The zero-order valence-corrected chi connectivity index (χ0v) is 14.3. The van der Waals surface area contributed by atoms with Crippen molar-refractivity contribution in [2.24, 2.45) is 5.92 Å². The van der Waals surface area contributed by atoms with E-state index >= 15 is 0 Å². The Labute approximate surface area is 145 Å². The number of imidazole rings is 1. The maximum atomic E-state index is 14.2. The summed E-state index contributed by atoms with van der Waals surface area (Å²) in [6.07, 6.45) is 4.04. The number of rotatable bonds is 6. The van der Waals surface area contributed by atoms with Gasteiger partial charge in [0, 0.05) is 18.9 Å². The Morgan fingerprint density at radius 3 is 2.68 bits per heavy atom. The van der Waals surface area contributed by atoms with Crippen LogP contribution < -0.4 is 10.6 Å². The minimum Gasteiger partial charge on any atom is -0.453 e. The molecule has 2 amide bonds. The van der Waals surface area contributed by atoms with Crippen molar-refractivity contribution in [1.29, 1.82) is 0 Å². The third-order valence-corrected chi connectivity index (χ3v) is 3.67. The second-order valence-electron chi connectivity index (χ2n) is 5.83. The minimum atomic E-state index is -0.734. The monoisotopic (exact) mass is 348 g/mol. The SMILES string of the molecule is COC(=O)N[C@H](C(=O)NCc1ccc(-n2ccnc2)c(F)c1)C(C)C. The summed E-state index contributed by atoms with van der Waals surface area (Å²) in [4.78, 5) is 27.5. The first-order valence-corrected chi connectivity index (χ1v) is 7.81. The minimum absolute atomic E-state index is 0.126. The molecule has 0 spiro atoms. The molecule has 1 atom stereocenters. The number of aromatic nitrogens is 2. The third-order valence-electron chi connectivity index (χ3n) is 3.67. The molecule has 2 rings (SSSR count). The Morgan fingerprint density at radius 1 is 1.36 bits per heavy atom. The van der Waals surface area contributed by atoms with Gasteiger partial charge in [0.1, 0.15) is 11.9 Å². The van der Waals surface area contributed by atoms with E-state index in [-0.39, 0.29) is 18.4 Å². The van der Waals surface area contributed by atoms with E-state index in [1.54, 1.807) is 42.9 Å². The van der Waals surface area contributed by atoms with Crippen LogP contribution in [0, 0.1) is 11.7 Å². The van der Waals surface area contributed by atoms with E-state index in [1.165, 1.54) is 19.5 Å². The number of carbonyl (C=O) groups excluding carboxylic acids is 2. The van der Waals surface area contributed by atoms with Gasteiger partial charge in [-0.1, -0.05) is 19.9 Å². The highest BCUT2D eigenvalue weighted by molar-refractivity contribution is 5.85. The molecule has 0 radical (unpaired) electrons. The number of ether oxygens (including phenoxy) is 1. The summed E-state index contributed by atoms with van der Waals surface area (Å²) in [5, 5.41) is 5.18. The van der Waals surface area contributed by atoms with Crippen molar-refractivity contribution >= 4 is 12.0 Å². The van der Waals surface area contributed by atoms with Crippen LogP contribution in [0.25, 0.3) is 5.69 Å². The second-order valence-corrected chi connectivity index (χ2v) is 5.83. The maximum Gasteiger partial charge on any atom is 0.407 e. The summed E-state index contributed by atoms with van der Waals surface area (Å²) in [7, 11) is 1.23. The van der Waals surface area contributed by atoms with Crippen LogP contribution in [-0.4, -0.2) is 34.7 Å². The van der Waals surface area contributed by atoms with E-state index < -0.39 is 18.0 Å². The normalized spacial score (nSPS) is 11.9. The first-order chi connectivity index (χ1) is 11.9. The second kappa shape index (κ2) is 8.27. The number of nitrogens with zero attached hydrogens (tertiary/aromatic N) is 2. The molecule has 0 saturated heterocycles. The highest BCUT2D eigenvalue weighted by Gasteiger charge is 2.24. The standard InChI is InChI=1S/C17H21FN4O3/c1-11(2)15(21-17(24)25-3)16(23)20-9-12-4-5-14(13(18)8-12)22-7-6-19-10-22/h4-8,10-11,15H,9H2,1-3H3,(H,20,23)(H,21,24)/t15-/m0/s1. The van der Waals surface area contributed by atoms with E-state index in [1.807, 2.05) is 0 Å². The number of methoxy groups -OCH3 is 1. The molecule has 1 aromatic heterocycles. The summed E-state index contributed by atoms with van der Waals surface area (Å²) < 4.78 is 20.3. The number of halogens is 1. The summed E-state index contributed by atoms with van der Waals surface area (Å²) in [6, 6.07) is 3.96. The highest BCUT2D eigenvalue weighted by Crippen LogP contribution is 2.15. The van der Waals surface area contributed by atoms with Gasteiger partial charge >= 0.3 is 6.09 Å². The van der Waals surface area contributed by atoms with Crippen LogP contribution in [0.5, 0.6) is 0 Å². The summed E-state index contributed by atoms with van der Waals surface area (Å²) >= 11 is 0. The van der Waals surface area contributed by atoms with Gasteiger partial charge in [0.2, 0.25) is 5.91 Å². The van der Waals surface area contributed by atoms with Gasteiger partial charge in [-0.25, -0.2) is 14.2 Å². The van der Waals surface area contributed by atoms with Crippen molar-refractivity contribution in [3.8, 4) is 5.69 Å². The quantitative estimate of drug-likeness (QED) is 0.836. The Hall–Kier alpha value is -2.90. The van der Waals surface area contributed by atoms with Crippen molar-refractivity contribution in [3.63, 3.8) is 0 Å². The number of alkyl carbamates (subject to hydrolysis) is 1. The van der Waals surface area contributed by atoms with Crippen molar-refractivity contribution < 1.29 is 18.7 Å². The molecule has 0 bridgehead atoms. The number of carbonyl (C=O) groups is 2. The molecule has 0 saturated carbocycles. The van der Waals surface area contributed by atoms with Crippen molar-refractivity contribution in [2.75, 3.05) is 7.11 Å². The number of benzene rings is 1. The van der Waals surface area contributed by atoms with Crippen LogP contribution >= 0.6 is 0 Å². The molecule has 0 aliphatic carbocycles. The molecule has 1 aromatic carbocycles. The van der Waals surface area contributed by atoms with Crippen molar-refractivity contribution in [2.45, 2.75) is 26.4 Å². The zero-order valence-electron chi connectivity index (χ0n) is 14.3. The zero-order chi connectivity index (χ0) is 18.4. The molecule has 0 aliphatic rings. The predicted molar refractivity (Wildman–Crippen MR) is 89.5 cm³/mol. The molecule has 2 aromatic rings. The molecule has 2 N–H and O–H groups in total. The van der Waals surface area contributed by atoms with Gasteiger partial charge in [-0.15, -0.1) is 0 Å². The molecule has 0 unspecified atom stereocenters. The number of hydrogen-bond donors (Lipinski definition) is 2. The Kier molecular flexibility index (Phi) is 6.10. The van der Waals surface area contributed by atoms with E-state index in [0.717, 1.165) is 0 Å². The van der Waals surface area contributed by atoms with Crippen LogP contribution in [0.1, 0.15) is 19.4 Å². The predicted octanol–water partition coefficient (Wildman–Crippen LogP) is 2.01. The number of hydrogen-bond acceptors (Lipinski definition) is 4. The molecule has 8 heteroatoms. The van der Waals surface area contributed by atoms with Gasteiger partial charge in [-0.3, -0.25) is 4.79 Å². The average molecular weight is 348 g/mol. The van der Waals surface area contributed by atoms with E-state index in [2.05, 4.69) is 20.4 Å². The first-order valence-electron chi connectivity index (χ1n) is 7.81. The summed E-state index contributed by atoms with van der Waals surface area (Å²) in [5.41, 5.74) is 0.982. The molecule has 0 aliphatic heterocycles. The summed E-state index contributed by atoms with van der Waals surface area (Å²) in [6.45, 7) is 3.76. The molecular weight excluding hydrogens is 327 g/mol. The molecule has 7 nitrogen and oxygen atoms in total. The average Bonchev–Trinajstić information content (AvgIpc) is 3.11. The first kappa shape index (κ1) is 18.4. The molecule has 25 heavy (non-hydrogen) atoms. The van der Waals surface area contributed by atoms with Gasteiger partial charge in [-0.05, 0) is 23.6 Å². The van der Waals surface area contributed by atoms with Crippen LogP contribution in [0.3, 0.4) is 0 Å². The third kappa shape index (κ3) is 4.79. The van der Waals surface area contributed by atoms with Gasteiger partial charge in [-0.2, -0.15) is 0 Å². The molecular formula is C17H21FN4O3. The van der Waals surface area contributed by atoms with Crippen molar-refractivity contribution in [3.05, 3.63) is 48.3 Å². The highest BCUT2D eigenvalue weighted by atomic mass is 19.1. The molecule has 134 valence electrons. The van der Waals surface area contributed by atoms with Crippen LogP contribution in [0.4, 0.5) is 9.18 Å². The lowest BCUT2D eigenvalue weighted by Crippen LogP contribution is -2.49. The Bertz CT molecular complexity index is 731. The van der Waals surface area contributed by atoms with Crippen LogP contribution in [0.2, 0.25) is 0 Å². The Balaban J connectivity index is 2.01. The largest absolute Gasteiger partial charge is 0.453 e. The lowest BCUT2D eigenvalue weighted by molar-refractivity contribution is -0.124. The lowest BCUT2D eigenvalue weighted by atomic mass is 10.0. The lowest BCUT2D eigenvalue weighted by Gasteiger charge is -2.21. The number of nitrogens with one attached hydrogen (secondary N) is 2. The van der Waals surface area contributed by atoms with Gasteiger partial charge < -0.3 is 19.9 Å². The van der Waals surface area contributed by atoms with E-state index in [4.69, 9.17) is 0 Å². The Morgan fingerprint density at radius 2 is 2.12 bits per heavy atom. The van der Waals surface area contributed by atoms with Gasteiger partial charge in [0.05, 0.1) is 19.1 Å². The fraction of sp³-hybridized carbons (Fsp3) is 0.353. The van der Waals surface area contributed by atoms with Crippen LogP contribution in [-0.2, 0) is 16.1 Å². The summed E-state index contributed by atoms with van der Waals surface area (Å²) in [5.74, 6) is -0.906. The van der Waals surface area contributed by atoms with Crippen LogP contribution in [0.15, 0.2) is 36.9 Å². The maximum absolute atomic E-state index is 14.2. The molecule has 0 fully saturated rings. The van der Waals surface area contributed by atoms with E-state index in [9.17, 15) is 14.0 Å². The topological polar surface area (TPSA) is 85.2 Å².